The van der Waals surface area contributed by atoms with Crippen LogP contribution < -0.4 is 4.74 Å². The van der Waals surface area contributed by atoms with Crippen LogP contribution in [0.15, 0.2) is 36.4 Å². The van der Waals surface area contributed by atoms with E-state index in [4.69, 9.17) is 4.74 Å². The minimum Gasteiger partial charge on any atom is -0.494 e. The average molecular weight is 480 g/mol. The van der Waals surface area contributed by atoms with Crippen LogP contribution in [0.25, 0.3) is 0 Å². The molecule has 0 N–H and O–H groups in total. The SMILES string of the molecule is CC(C)CCOc1ccc(C(=O)N2CCC3(CC2)c2ccc(C(=O)C(C)(C)C)n2CCN3C)cc1. The molecule has 1 saturated heterocycles. The van der Waals surface area contributed by atoms with Crippen LogP contribution >= 0.6 is 0 Å². The number of fused-ring (bicyclic) bond motifs is 2. The third-order valence-corrected chi connectivity index (χ3v) is 7.70. The normalized spacial score (nSPS) is 18.1. The molecule has 1 aromatic carbocycles. The van der Waals surface area contributed by atoms with Crippen LogP contribution in [0.2, 0.25) is 0 Å². The number of Topliss-reactive ketones (excluding diaryl/α,β-unsaturated/α-hetero) is 1. The molecule has 0 saturated carbocycles. The topological polar surface area (TPSA) is 54.8 Å². The Morgan fingerprint density at radius 1 is 0.971 bits per heavy atom. The van der Waals surface area contributed by atoms with Gasteiger partial charge in [-0.3, -0.25) is 14.5 Å². The van der Waals surface area contributed by atoms with Gasteiger partial charge >= 0.3 is 0 Å². The first-order valence-corrected chi connectivity index (χ1v) is 13.0. The Balaban J connectivity index is 1.45. The number of ether oxygens (including phenoxy) is 1. The highest BCUT2D eigenvalue weighted by Gasteiger charge is 2.45. The molecule has 0 aliphatic carbocycles. The third kappa shape index (κ3) is 5.04. The highest BCUT2D eigenvalue weighted by atomic mass is 16.5. The third-order valence-electron chi connectivity index (χ3n) is 7.70. The molecule has 1 fully saturated rings. The van der Waals surface area contributed by atoms with E-state index in [0.29, 0.717) is 31.2 Å². The number of rotatable bonds is 6. The minimum absolute atomic E-state index is 0.0750. The zero-order chi connectivity index (χ0) is 25.4. The van der Waals surface area contributed by atoms with Crippen LogP contribution in [0, 0.1) is 11.3 Å². The first kappa shape index (κ1) is 25.5. The van der Waals surface area contributed by atoms with Crippen molar-refractivity contribution < 1.29 is 14.3 Å². The molecule has 4 rings (SSSR count). The van der Waals surface area contributed by atoms with Gasteiger partial charge in [-0.1, -0.05) is 34.6 Å². The zero-order valence-electron chi connectivity index (χ0n) is 22.3. The zero-order valence-corrected chi connectivity index (χ0v) is 22.3. The summed E-state index contributed by atoms with van der Waals surface area (Å²) in [5, 5.41) is 0. The molecule has 0 unspecified atom stereocenters. The number of hydrogen-bond donors (Lipinski definition) is 0. The van der Waals surface area contributed by atoms with Gasteiger partial charge in [0, 0.05) is 42.9 Å². The molecular formula is C29H41N3O3. The monoisotopic (exact) mass is 479 g/mol. The van der Waals surface area contributed by atoms with Crippen LogP contribution in [0.1, 0.15) is 80.4 Å². The second-order valence-electron chi connectivity index (χ2n) is 11.6. The number of aromatic nitrogens is 1. The molecule has 3 heterocycles. The Labute approximate surface area is 210 Å². The molecule has 190 valence electrons. The Hall–Kier alpha value is -2.60. The second-order valence-corrected chi connectivity index (χ2v) is 11.6. The number of benzene rings is 1. The quantitative estimate of drug-likeness (QED) is 0.533. The Morgan fingerprint density at radius 3 is 2.23 bits per heavy atom. The fraction of sp³-hybridized carbons (Fsp3) is 0.586. The van der Waals surface area contributed by atoms with Crippen LogP contribution in [-0.2, 0) is 12.1 Å². The summed E-state index contributed by atoms with van der Waals surface area (Å²) < 4.78 is 8.04. The molecule has 35 heavy (non-hydrogen) atoms. The Bertz CT molecular complexity index is 1050. The van der Waals surface area contributed by atoms with E-state index in [1.807, 2.05) is 56.0 Å². The number of likely N-dealkylation sites (tertiary alicyclic amines) is 1. The molecule has 0 atom stereocenters. The molecule has 1 spiro atoms. The van der Waals surface area contributed by atoms with Crippen molar-refractivity contribution in [2.75, 3.05) is 33.3 Å². The lowest BCUT2D eigenvalue weighted by Crippen LogP contribution is -2.56. The number of nitrogens with zero attached hydrogens (tertiary/aromatic N) is 3. The number of ketones is 1. The van der Waals surface area contributed by atoms with Gasteiger partial charge in [-0.2, -0.15) is 0 Å². The van der Waals surface area contributed by atoms with Gasteiger partial charge in [0.05, 0.1) is 17.8 Å². The average Bonchev–Trinajstić information content (AvgIpc) is 3.26. The molecule has 6 nitrogen and oxygen atoms in total. The lowest BCUT2D eigenvalue weighted by atomic mass is 9.81. The van der Waals surface area contributed by atoms with Gasteiger partial charge in [-0.15, -0.1) is 0 Å². The summed E-state index contributed by atoms with van der Waals surface area (Å²) in [5.41, 5.74) is 2.19. The van der Waals surface area contributed by atoms with E-state index in [1.165, 1.54) is 5.69 Å². The molecule has 0 radical (unpaired) electrons. The van der Waals surface area contributed by atoms with Gasteiger partial charge < -0.3 is 14.2 Å². The van der Waals surface area contributed by atoms with Gasteiger partial charge in [-0.05, 0) is 68.6 Å². The largest absolute Gasteiger partial charge is 0.494 e. The molecule has 1 aromatic heterocycles. The number of piperidine rings is 1. The number of carbonyl (C=O) groups is 2. The molecule has 2 aromatic rings. The van der Waals surface area contributed by atoms with Crippen LogP contribution in [0.5, 0.6) is 5.75 Å². The summed E-state index contributed by atoms with van der Waals surface area (Å²) >= 11 is 0. The summed E-state index contributed by atoms with van der Waals surface area (Å²) in [6.45, 7) is 14.1. The van der Waals surface area contributed by atoms with E-state index >= 15 is 0 Å². The number of likely N-dealkylation sites (N-methyl/N-ethyl adjacent to an activating group) is 1. The van der Waals surface area contributed by atoms with E-state index in [-0.39, 0.29) is 17.2 Å². The first-order valence-electron chi connectivity index (χ1n) is 13.0. The van der Waals surface area contributed by atoms with Crippen molar-refractivity contribution in [2.45, 2.75) is 66.0 Å². The van der Waals surface area contributed by atoms with E-state index in [0.717, 1.165) is 43.8 Å². The molecule has 0 bridgehead atoms. The molecule has 2 aliphatic rings. The Morgan fingerprint density at radius 2 is 1.63 bits per heavy atom. The van der Waals surface area contributed by atoms with Crippen molar-refractivity contribution >= 4 is 11.7 Å². The molecule has 6 heteroatoms. The summed E-state index contributed by atoms with van der Waals surface area (Å²) in [6.07, 6.45) is 2.73. The number of hydrogen-bond acceptors (Lipinski definition) is 4. The molecule has 2 aliphatic heterocycles. The van der Waals surface area contributed by atoms with Gasteiger partial charge in [0.2, 0.25) is 0 Å². The Kier molecular flexibility index (Phi) is 7.14. The maximum absolute atomic E-state index is 13.2. The van der Waals surface area contributed by atoms with Gasteiger partial charge in [0.1, 0.15) is 5.75 Å². The van der Waals surface area contributed by atoms with Gasteiger partial charge in [-0.25, -0.2) is 0 Å². The first-order chi connectivity index (χ1) is 16.5. The maximum atomic E-state index is 13.2. The van der Waals surface area contributed by atoms with Crippen LogP contribution in [0.4, 0.5) is 0 Å². The highest BCUT2D eigenvalue weighted by molar-refractivity contribution is 5.98. The number of amides is 1. The standard InChI is InChI=1S/C29H41N3O3/c1-21(2)13-20-35-23-9-7-22(8-10-23)27(34)31-16-14-29(15-17-31)25-12-11-24(26(33)28(3,4)5)32(25)19-18-30(29)6/h7-12,21H,13-20H2,1-6H3. The summed E-state index contributed by atoms with van der Waals surface area (Å²) in [4.78, 5) is 30.7. The fourth-order valence-corrected chi connectivity index (χ4v) is 5.36. The van der Waals surface area contributed by atoms with Crippen molar-refractivity contribution in [3.05, 3.63) is 53.3 Å². The van der Waals surface area contributed by atoms with Crippen molar-refractivity contribution in [3.8, 4) is 5.75 Å². The van der Waals surface area contributed by atoms with Crippen LogP contribution in [0.3, 0.4) is 0 Å². The highest BCUT2D eigenvalue weighted by Crippen LogP contribution is 2.42. The summed E-state index contributed by atoms with van der Waals surface area (Å²) in [6, 6.07) is 11.7. The summed E-state index contributed by atoms with van der Waals surface area (Å²) in [5.74, 6) is 1.68. The predicted octanol–water partition coefficient (Wildman–Crippen LogP) is 5.22. The number of carbonyl (C=O) groups excluding carboxylic acids is 2. The smallest absolute Gasteiger partial charge is 0.253 e. The molecular weight excluding hydrogens is 438 g/mol. The van der Waals surface area contributed by atoms with Crippen molar-refractivity contribution in [1.82, 2.24) is 14.4 Å². The van der Waals surface area contributed by atoms with E-state index in [2.05, 4.69) is 36.4 Å². The minimum atomic E-state index is -0.406. The van der Waals surface area contributed by atoms with Crippen molar-refractivity contribution in [1.29, 1.82) is 0 Å². The van der Waals surface area contributed by atoms with Crippen molar-refractivity contribution in [3.63, 3.8) is 0 Å². The predicted molar refractivity (Wildman–Crippen MR) is 139 cm³/mol. The van der Waals surface area contributed by atoms with Gasteiger partial charge in [0.25, 0.3) is 5.91 Å². The van der Waals surface area contributed by atoms with E-state index < -0.39 is 5.41 Å². The van der Waals surface area contributed by atoms with Gasteiger partial charge in [0.15, 0.2) is 5.78 Å². The lowest BCUT2D eigenvalue weighted by Gasteiger charge is -2.50. The maximum Gasteiger partial charge on any atom is 0.253 e. The summed E-state index contributed by atoms with van der Waals surface area (Å²) in [7, 11) is 2.18. The lowest BCUT2D eigenvalue weighted by molar-refractivity contribution is 0.0126. The van der Waals surface area contributed by atoms with Crippen molar-refractivity contribution in [2.24, 2.45) is 11.3 Å². The van der Waals surface area contributed by atoms with E-state index in [9.17, 15) is 9.59 Å². The second kappa shape index (κ2) is 9.81. The fourth-order valence-electron chi connectivity index (χ4n) is 5.36. The molecule has 1 amide bonds. The van der Waals surface area contributed by atoms with Crippen LogP contribution in [-0.4, -0.2) is 59.3 Å². The van der Waals surface area contributed by atoms with E-state index in [1.54, 1.807) is 0 Å².